The second-order valence-electron chi connectivity index (χ2n) is 9.37. The molecular weight excluding hydrogens is 471 g/mol. The molecule has 0 radical (unpaired) electrons. The highest BCUT2D eigenvalue weighted by Gasteiger charge is 2.14. The summed E-state index contributed by atoms with van der Waals surface area (Å²) in [6.07, 6.45) is 15.8. The molecular formula is C33H29FN4. The first-order valence-corrected chi connectivity index (χ1v) is 12.5. The van der Waals surface area contributed by atoms with Crippen LogP contribution < -0.4 is 11.1 Å². The molecule has 5 heteroatoms. The summed E-state index contributed by atoms with van der Waals surface area (Å²) in [5, 5.41) is 3.36. The standard InChI is InChI=1S/C33H29FN4/c1-21(23(3)38-33-20-37-19-31(22(33)2)25-9-12-29(34)13-10-25)30-16-26(11-14-32(30)35)28-15-27(17-36-18-28)24-7-5-4-6-8-24/h4-5,7,9-20,38H,1,3,6,8,35H2,2H3. The molecule has 0 saturated heterocycles. The van der Waals surface area contributed by atoms with Gasteiger partial charge in [0.2, 0.25) is 0 Å². The third-order valence-corrected chi connectivity index (χ3v) is 6.85. The van der Waals surface area contributed by atoms with Gasteiger partial charge in [-0.3, -0.25) is 9.97 Å². The van der Waals surface area contributed by atoms with Crippen molar-refractivity contribution in [1.82, 2.24) is 9.97 Å². The smallest absolute Gasteiger partial charge is 0.123 e. The molecule has 0 unspecified atom stereocenters. The second-order valence-corrected chi connectivity index (χ2v) is 9.37. The third kappa shape index (κ3) is 5.18. The van der Waals surface area contributed by atoms with Crippen LogP contribution in [0.1, 0.15) is 29.5 Å². The van der Waals surface area contributed by atoms with Gasteiger partial charge in [-0.05, 0) is 83.5 Å². The number of allylic oxidation sites excluding steroid dienone is 5. The van der Waals surface area contributed by atoms with E-state index in [0.717, 1.165) is 57.5 Å². The summed E-state index contributed by atoms with van der Waals surface area (Å²) < 4.78 is 13.4. The summed E-state index contributed by atoms with van der Waals surface area (Å²) in [6, 6.07) is 14.5. The first-order chi connectivity index (χ1) is 18.4. The summed E-state index contributed by atoms with van der Waals surface area (Å²) in [6.45, 7) is 10.5. The number of halogens is 1. The van der Waals surface area contributed by atoms with E-state index in [1.807, 2.05) is 37.5 Å². The molecule has 188 valence electrons. The number of nitrogens with two attached hydrogens (primary N) is 1. The van der Waals surface area contributed by atoms with Crippen molar-refractivity contribution in [2.45, 2.75) is 19.8 Å². The molecule has 0 aliphatic heterocycles. The van der Waals surface area contributed by atoms with E-state index in [9.17, 15) is 4.39 Å². The van der Waals surface area contributed by atoms with Crippen LogP contribution in [-0.4, -0.2) is 9.97 Å². The number of rotatable bonds is 7. The molecule has 2 aromatic carbocycles. The average Bonchev–Trinajstić information content (AvgIpc) is 2.95. The van der Waals surface area contributed by atoms with Crippen molar-refractivity contribution in [2.24, 2.45) is 0 Å². The van der Waals surface area contributed by atoms with Gasteiger partial charge in [0, 0.05) is 46.7 Å². The number of hydrogen-bond donors (Lipinski definition) is 2. The van der Waals surface area contributed by atoms with Crippen molar-refractivity contribution >= 4 is 22.5 Å². The Balaban J connectivity index is 1.40. The monoisotopic (exact) mass is 500 g/mol. The van der Waals surface area contributed by atoms with Crippen LogP contribution in [0.5, 0.6) is 0 Å². The van der Waals surface area contributed by atoms with Crippen LogP contribution >= 0.6 is 0 Å². The van der Waals surface area contributed by atoms with Gasteiger partial charge in [0.1, 0.15) is 5.82 Å². The number of pyridine rings is 2. The van der Waals surface area contributed by atoms with E-state index in [2.05, 4.69) is 52.7 Å². The van der Waals surface area contributed by atoms with Gasteiger partial charge < -0.3 is 11.1 Å². The highest BCUT2D eigenvalue weighted by Crippen LogP contribution is 2.34. The maximum atomic E-state index is 13.4. The molecule has 4 aromatic rings. The Bertz CT molecular complexity index is 1600. The Labute approximate surface area is 222 Å². The number of nitrogens with one attached hydrogen (secondary N) is 1. The fraction of sp³-hybridized carbons (Fsp3) is 0.0909. The Morgan fingerprint density at radius 1 is 0.895 bits per heavy atom. The van der Waals surface area contributed by atoms with Crippen LogP contribution in [-0.2, 0) is 0 Å². The summed E-state index contributed by atoms with van der Waals surface area (Å²) in [5.41, 5.74) is 17.1. The minimum Gasteiger partial charge on any atom is -0.398 e. The van der Waals surface area contributed by atoms with E-state index in [-0.39, 0.29) is 5.82 Å². The molecule has 1 aliphatic carbocycles. The van der Waals surface area contributed by atoms with E-state index >= 15 is 0 Å². The van der Waals surface area contributed by atoms with Crippen molar-refractivity contribution in [3.63, 3.8) is 0 Å². The van der Waals surface area contributed by atoms with Gasteiger partial charge in [-0.1, -0.05) is 49.6 Å². The summed E-state index contributed by atoms with van der Waals surface area (Å²) in [5.74, 6) is -0.274. The molecule has 3 N–H and O–H groups in total. The lowest BCUT2D eigenvalue weighted by Gasteiger charge is -2.18. The Morgan fingerprint density at radius 3 is 2.39 bits per heavy atom. The molecule has 5 rings (SSSR count). The first-order valence-electron chi connectivity index (χ1n) is 12.5. The Hall–Kier alpha value is -4.77. The Kier molecular flexibility index (Phi) is 7.00. The minimum atomic E-state index is -0.274. The molecule has 0 amide bonds. The lowest BCUT2D eigenvalue weighted by atomic mass is 9.94. The summed E-state index contributed by atoms with van der Waals surface area (Å²) >= 11 is 0. The van der Waals surface area contributed by atoms with Crippen molar-refractivity contribution in [1.29, 1.82) is 0 Å². The van der Waals surface area contributed by atoms with Crippen LogP contribution in [0.25, 0.3) is 33.4 Å². The molecule has 0 bridgehead atoms. The normalized spacial score (nSPS) is 12.6. The van der Waals surface area contributed by atoms with Crippen molar-refractivity contribution in [3.8, 4) is 22.3 Å². The zero-order valence-electron chi connectivity index (χ0n) is 21.3. The highest BCUT2D eigenvalue weighted by molar-refractivity contribution is 5.89. The number of anilines is 2. The van der Waals surface area contributed by atoms with E-state index < -0.39 is 0 Å². The molecule has 2 heterocycles. The van der Waals surface area contributed by atoms with E-state index in [1.54, 1.807) is 24.5 Å². The highest BCUT2D eigenvalue weighted by atomic mass is 19.1. The van der Waals surface area contributed by atoms with Crippen molar-refractivity contribution < 1.29 is 4.39 Å². The van der Waals surface area contributed by atoms with Gasteiger partial charge in [-0.25, -0.2) is 4.39 Å². The molecule has 0 fully saturated rings. The quantitative estimate of drug-likeness (QED) is 0.198. The van der Waals surface area contributed by atoms with Crippen LogP contribution in [0, 0.1) is 12.7 Å². The SMILES string of the molecule is C=C(Nc1cncc(-c2ccc(F)cc2)c1C)C(=C)c1cc(-c2cncc(C3=CC=CCC3)c2)ccc1N. The van der Waals surface area contributed by atoms with Gasteiger partial charge in [-0.15, -0.1) is 0 Å². The summed E-state index contributed by atoms with van der Waals surface area (Å²) in [4.78, 5) is 8.88. The average molecular weight is 501 g/mol. The van der Waals surface area contributed by atoms with Crippen molar-refractivity contribution in [2.75, 3.05) is 11.1 Å². The summed E-state index contributed by atoms with van der Waals surface area (Å²) in [7, 11) is 0. The lowest BCUT2D eigenvalue weighted by Crippen LogP contribution is -2.05. The van der Waals surface area contributed by atoms with Crippen LogP contribution in [0.2, 0.25) is 0 Å². The molecule has 4 nitrogen and oxygen atoms in total. The predicted octanol–water partition coefficient (Wildman–Crippen LogP) is 8.21. The molecule has 2 aromatic heterocycles. The topological polar surface area (TPSA) is 63.8 Å². The van der Waals surface area contributed by atoms with Crippen molar-refractivity contribution in [3.05, 3.63) is 133 Å². The zero-order chi connectivity index (χ0) is 26.6. The molecule has 1 aliphatic rings. The number of nitrogen functional groups attached to an aromatic ring is 1. The maximum absolute atomic E-state index is 13.4. The molecule has 0 spiro atoms. The van der Waals surface area contributed by atoms with Crippen LogP contribution in [0.4, 0.5) is 15.8 Å². The van der Waals surface area contributed by atoms with E-state index in [1.165, 1.54) is 17.7 Å². The number of nitrogens with zero attached hydrogens (tertiary/aromatic N) is 2. The van der Waals surface area contributed by atoms with Crippen LogP contribution in [0.15, 0.2) is 110 Å². The van der Waals surface area contributed by atoms with Gasteiger partial charge in [-0.2, -0.15) is 0 Å². The van der Waals surface area contributed by atoms with E-state index in [4.69, 9.17) is 5.73 Å². The Morgan fingerprint density at radius 2 is 1.63 bits per heavy atom. The third-order valence-electron chi connectivity index (χ3n) is 6.85. The molecule has 0 atom stereocenters. The van der Waals surface area contributed by atoms with Gasteiger partial charge in [0.05, 0.1) is 11.9 Å². The zero-order valence-corrected chi connectivity index (χ0v) is 21.3. The minimum absolute atomic E-state index is 0.274. The largest absolute Gasteiger partial charge is 0.398 e. The fourth-order valence-electron chi connectivity index (χ4n) is 4.59. The number of aromatic nitrogens is 2. The number of benzene rings is 2. The van der Waals surface area contributed by atoms with Gasteiger partial charge >= 0.3 is 0 Å². The second kappa shape index (κ2) is 10.7. The van der Waals surface area contributed by atoms with Gasteiger partial charge in [0.15, 0.2) is 0 Å². The lowest BCUT2D eigenvalue weighted by molar-refractivity contribution is 0.628. The fourth-order valence-corrected chi connectivity index (χ4v) is 4.59. The molecule has 0 saturated carbocycles. The predicted molar refractivity (Wildman–Crippen MR) is 157 cm³/mol. The number of hydrogen-bond acceptors (Lipinski definition) is 4. The van der Waals surface area contributed by atoms with Crippen LogP contribution in [0.3, 0.4) is 0 Å². The first kappa shape index (κ1) is 24.9. The van der Waals surface area contributed by atoms with Gasteiger partial charge in [0.25, 0.3) is 0 Å². The van der Waals surface area contributed by atoms with E-state index in [0.29, 0.717) is 17.0 Å². The maximum Gasteiger partial charge on any atom is 0.123 e. The molecule has 38 heavy (non-hydrogen) atoms.